The molecule has 0 fully saturated rings. The van der Waals surface area contributed by atoms with Crippen LogP contribution in [0.25, 0.3) is 0 Å². The molecule has 0 spiro atoms. The first-order valence-electron chi connectivity index (χ1n) is 10.2. The molecule has 2 aromatic rings. The van der Waals surface area contributed by atoms with Crippen LogP contribution in [-0.2, 0) is 13.1 Å². The van der Waals surface area contributed by atoms with Crippen molar-refractivity contribution in [2.75, 3.05) is 69.7 Å². The Hall–Kier alpha value is -2.44. The molecule has 0 aliphatic carbocycles. The summed E-state index contributed by atoms with van der Waals surface area (Å²) >= 11 is 0. The molecule has 0 amide bonds. The molecule has 0 aliphatic rings. The Morgan fingerprint density at radius 1 is 0.500 bits per heavy atom. The van der Waals surface area contributed by atoms with E-state index in [0.29, 0.717) is 0 Å². The van der Waals surface area contributed by atoms with Crippen LogP contribution >= 0.6 is 0 Å². The van der Waals surface area contributed by atoms with Gasteiger partial charge in [0.25, 0.3) is 0 Å². The maximum absolute atomic E-state index is 5.42. The normalized spacial score (nSPS) is 11.9. The number of quaternary nitrogens is 2. The van der Waals surface area contributed by atoms with E-state index >= 15 is 0 Å². The Morgan fingerprint density at radius 3 is 1.00 bits per heavy atom. The van der Waals surface area contributed by atoms with Crippen molar-refractivity contribution in [2.45, 2.75) is 13.1 Å². The third-order valence-corrected chi connectivity index (χ3v) is 5.35. The van der Waals surface area contributed by atoms with Gasteiger partial charge >= 0.3 is 0 Å². The minimum atomic E-state index is 0.826. The van der Waals surface area contributed by atoms with Gasteiger partial charge in [0.15, 0.2) is 0 Å². The molecule has 0 radical (unpaired) electrons. The number of nitrogens with zero attached hydrogens (tertiary/aromatic N) is 2. The Labute approximate surface area is 181 Å². The average molecular weight is 419 g/mol. The van der Waals surface area contributed by atoms with Crippen LogP contribution in [0.2, 0.25) is 0 Å². The Balaban J connectivity index is 2.05. The van der Waals surface area contributed by atoms with Crippen LogP contribution in [0, 0.1) is 0 Å². The standard InChI is InChI=1S/C24H38N2O4/c1-25(2,17-19-11-21(27-5)15-22(12-19)28-6)9-10-26(3,4)18-20-13-23(29-7)16-24(14-20)30-8/h11-16H,9-10,17-18H2,1-8H3/q+2. The molecule has 0 saturated carbocycles. The number of benzene rings is 2. The molecule has 2 aromatic carbocycles. The van der Waals surface area contributed by atoms with Gasteiger partial charge in [-0.1, -0.05) is 0 Å². The topological polar surface area (TPSA) is 36.9 Å². The fraction of sp³-hybridized carbons (Fsp3) is 0.500. The number of ether oxygens (including phenoxy) is 4. The zero-order chi connectivity index (χ0) is 22.4. The Bertz CT molecular complexity index is 720. The lowest BCUT2D eigenvalue weighted by molar-refractivity contribution is -0.958. The van der Waals surface area contributed by atoms with Gasteiger partial charge in [0.2, 0.25) is 0 Å². The largest absolute Gasteiger partial charge is 0.497 e. The lowest BCUT2D eigenvalue weighted by Gasteiger charge is -2.36. The molecule has 0 aliphatic heterocycles. The van der Waals surface area contributed by atoms with Gasteiger partial charge < -0.3 is 27.9 Å². The molecule has 0 aromatic heterocycles. The van der Waals surface area contributed by atoms with Crippen molar-refractivity contribution in [1.82, 2.24) is 0 Å². The summed E-state index contributed by atoms with van der Waals surface area (Å²) in [6.07, 6.45) is 0. The van der Waals surface area contributed by atoms with Gasteiger partial charge in [-0.3, -0.25) is 0 Å². The highest BCUT2D eigenvalue weighted by molar-refractivity contribution is 5.38. The fourth-order valence-corrected chi connectivity index (χ4v) is 3.60. The number of hydrogen-bond acceptors (Lipinski definition) is 4. The maximum atomic E-state index is 5.42. The van der Waals surface area contributed by atoms with Gasteiger partial charge in [0, 0.05) is 23.3 Å². The zero-order valence-corrected chi connectivity index (χ0v) is 19.8. The minimum Gasteiger partial charge on any atom is -0.497 e. The van der Waals surface area contributed by atoms with Crippen molar-refractivity contribution in [1.29, 1.82) is 0 Å². The molecule has 6 heteroatoms. The monoisotopic (exact) mass is 418 g/mol. The van der Waals surface area contributed by atoms with Gasteiger partial charge in [-0.2, -0.15) is 0 Å². The summed E-state index contributed by atoms with van der Waals surface area (Å²) in [5.41, 5.74) is 2.41. The predicted molar refractivity (Wildman–Crippen MR) is 120 cm³/mol. The van der Waals surface area contributed by atoms with E-state index in [1.165, 1.54) is 11.1 Å². The van der Waals surface area contributed by atoms with E-state index in [2.05, 4.69) is 52.5 Å². The van der Waals surface area contributed by atoms with Gasteiger partial charge in [-0.25, -0.2) is 0 Å². The second kappa shape index (κ2) is 10.0. The molecular formula is C24H38N2O4+2. The highest BCUT2D eigenvalue weighted by atomic mass is 16.5. The first-order chi connectivity index (χ1) is 14.1. The molecule has 0 N–H and O–H groups in total. The molecule has 6 nitrogen and oxygen atoms in total. The van der Waals surface area contributed by atoms with E-state index in [0.717, 1.165) is 58.1 Å². The predicted octanol–water partition coefficient (Wildman–Crippen LogP) is 3.57. The van der Waals surface area contributed by atoms with Crippen molar-refractivity contribution < 1.29 is 27.9 Å². The Kier molecular flexibility index (Phi) is 7.98. The third-order valence-electron chi connectivity index (χ3n) is 5.35. The van der Waals surface area contributed by atoms with E-state index in [-0.39, 0.29) is 0 Å². The number of rotatable bonds is 11. The average Bonchev–Trinajstić information content (AvgIpc) is 2.71. The van der Waals surface area contributed by atoms with Crippen LogP contribution in [0.3, 0.4) is 0 Å². The molecule has 0 saturated heterocycles. The molecule has 166 valence electrons. The summed E-state index contributed by atoms with van der Waals surface area (Å²) in [4.78, 5) is 0. The van der Waals surface area contributed by atoms with Gasteiger partial charge in [-0.05, 0) is 24.3 Å². The summed E-state index contributed by atoms with van der Waals surface area (Å²) in [6.45, 7) is 3.88. The summed E-state index contributed by atoms with van der Waals surface area (Å²) in [7, 11) is 15.8. The second-order valence-corrected chi connectivity index (χ2v) is 9.08. The molecular weight excluding hydrogens is 380 g/mol. The third kappa shape index (κ3) is 7.11. The molecule has 0 heterocycles. The lowest BCUT2D eigenvalue weighted by Crippen LogP contribution is -2.49. The zero-order valence-electron chi connectivity index (χ0n) is 19.8. The molecule has 30 heavy (non-hydrogen) atoms. The second-order valence-electron chi connectivity index (χ2n) is 9.08. The number of methoxy groups -OCH3 is 4. The van der Waals surface area contributed by atoms with Crippen molar-refractivity contribution >= 4 is 0 Å². The molecule has 2 rings (SSSR count). The summed E-state index contributed by atoms with van der Waals surface area (Å²) in [5.74, 6) is 3.31. The summed E-state index contributed by atoms with van der Waals surface area (Å²) in [5, 5.41) is 0. The van der Waals surface area contributed by atoms with E-state index < -0.39 is 0 Å². The van der Waals surface area contributed by atoms with Gasteiger partial charge in [0.05, 0.1) is 56.6 Å². The number of likely N-dealkylation sites (N-methyl/N-ethyl adjacent to an activating group) is 2. The van der Waals surface area contributed by atoms with Crippen LogP contribution in [0.15, 0.2) is 36.4 Å². The van der Waals surface area contributed by atoms with E-state index in [1.54, 1.807) is 28.4 Å². The molecule has 0 atom stereocenters. The van der Waals surface area contributed by atoms with Crippen molar-refractivity contribution in [2.24, 2.45) is 0 Å². The lowest BCUT2D eigenvalue weighted by atomic mass is 10.1. The van der Waals surface area contributed by atoms with E-state index in [4.69, 9.17) is 18.9 Å². The molecule has 0 bridgehead atoms. The van der Waals surface area contributed by atoms with Crippen molar-refractivity contribution in [3.63, 3.8) is 0 Å². The highest BCUT2D eigenvalue weighted by Gasteiger charge is 2.24. The highest BCUT2D eigenvalue weighted by Crippen LogP contribution is 2.26. The number of hydrogen-bond donors (Lipinski definition) is 0. The van der Waals surface area contributed by atoms with Crippen LogP contribution in [-0.4, -0.2) is 78.7 Å². The SMILES string of the molecule is COc1cc(C[N+](C)(C)CC[N+](C)(C)Cc2cc(OC)cc(OC)c2)cc(OC)c1. The summed E-state index contributed by atoms with van der Waals surface area (Å²) < 4.78 is 23.4. The maximum Gasteiger partial charge on any atom is 0.128 e. The molecule has 0 unspecified atom stereocenters. The van der Waals surface area contributed by atoms with E-state index in [9.17, 15) is 0 Å². The van der Waals surface area contributed by atoms with Crippen molar-refractivity contribution in [3.8, 4) is 23.0 Å². The fourth-order valence-electron chi connectivity index (χ4n) is 3.60. The van der Waals surface area contributed by atoms with E-state index in [1.807, 2.05) is 12.1 Å². The van der Waals surface area contributed by atoms with Crippen LogP contribution < -0.4 is 18.9 Å². The Morgan fingerprint density at radius 2 is 0.767 bits per heavy atom. The minimum absolute atomic E-state index is 0.826. The smallest absolute Gasteiger partial charge is 0.128 e. The first-order valence-corrected chi connectivity index (χ1v) is 10.2. The quantitative estimate of drug-likeness (QED) is 0.523. The van der Waals surface area contributed by atoms with Crippen LogP contribution in [0.4, 0.5) is 0 Å². The van der Waals surface area contributed by atoms with Gasteiger partial charge in [-0.15, -0.1) is 0 Å². The van der Waals surface area contributed by atoms with Gasteiger partial charge in [0.1, 0.15) is 49.2 Å². The van der Waals surface area contributed by atoms with Crippen molar-refractivity contribution in [3.05, 3.63) is 47.5 Å². The van der Waals surface area contributed by atoms with Crippen LogP contribution in [0.5, 0.6) is 23.0 Å². The van der Waals surface area contributed by atoms with Crippen LogP contribution in [0.1, 0.15) is 11.1 Å². The summed E-state index contributed by atoms with van der Waals surface area (Å²) in [6, 6.07) is 12.2. The first kappa shape index (κ1) is 23.8.